The van der Waals surface area contributed by atoms with Gasteiger partial charge in [0, 0.05) is 17.6 Å². The number of carbonyl (C=O) groups excluding carboxylic acids is 1. The monoisotopic (exact) mass is 273 g/mol. The van der Waals surface area contributed by atoms with E-state index in [1.807, 2.05) is 0 Å². The van der Waals surface area contributed by atoms with Crippen LogP contribution in [0.25, 0.3) is 0 Å². The molecule has 8 heteroatoms. The molecule has 98 valence electrons. The van der Waals surface area contributed by atoms with Gasteiger partial charge in [0.05, 0.1) is 11.5 Å². The van der Waals surface area contributed by atoms with Gasteiger partial charge in [-0.3, -0.25) is 14.9 Å². The number of hydrogen-bond donors (Lipinski definition) is 2. The molecule has 3 N–H and O–H groups in total. The second-order valence-electron chi connectivity index (χ2n) is 3.31. The van der Waals surface area contributed by atoms with Crippen molar-refractivity contribution in [1.82, 2.24) is 0 Å². The summed E-state index contributed by atoms with van der Waals surface area (Å²) in [7, 11) is 0. The molecule has 0 saturated heterocycles. The minimum absolute atomic E-state index is 0.0748. The summed E-state index contributed by atoms with van der Waals surface area (Å²) < 4.78 is 4.91. The Labute approximate surface area is 108 Å². The zero-order chi connectivity index (χ0) is 13.5. The molecular formula is C10H12ClN3O4. The summed E-state index contributed by atoms with van der Waals surface area (Å²) in [4.78, 5) is 21.6. The van der Waals surface area contributed by atoms with Gasteiger partial charge in [-0.2, -0.15) is 0 Å². The van der Waals surface area contributed by atoms with E-state index in [4.69, 9.17) is 22.1 Å². The second-order valence-corrected chi connectivity index (χ2v) is 3.74. The van der Waals surface area contributed by atoms with Crippen molar-refractivity contribution in [2.45, 2.75) is 0 Å². The molecule has 7 nitrogen and oxygen atoms in total. The first-order valence-electron chi connectivity index (χ1n) is 5.06. The maximum Gasteiger partial charge on any atom is 0.294 e. The Morgan fingerprint density at radius 2 is 2.28 bits per heavy atom. The number of nitrogens with two attached hydrogens (primary N) is 1. The average Bonchev–Trinajstić information content (AvgIpc) is 2.31. The van der Waals surface area contributed by atoms with E-state index < -0.39 is 10.8 Å². The van der Waals surface area contributed by atoms with Crippen LogP contribution in [0.5, 0.6) is 0 Å². The van der Waals surface area contributed by atoms with Crippen LogP contribution in [-0.4, -0.2) is 30.6 Å². The third kappa shape index (κ3) is 4.28. The highest BCUT2D eigenvalue weighted by molar-refractivity contribution is 6.31. The fraction of sp³-hybridized carbons (Fsp3) is 0.300. The summed E-state index contributed by atoms with van der Waals surface area (Å²) >= 11 is 5.64. The molecule has 1 rings (SSSR count). The normalized spacial score (nSPS) is 10.1. The Balaban J connectivity index is 2.72. The molecule has 0 radical (unpaired) electrons. The molecule has 0 aliphatic rings. The Morgan fingerprint density at radius 1 is 1.56 bits per heavy atom. The Hall–Kier alpha value is -1.70. The maximum atomic E-state index is 11.4. The lowest BCUT2D eigenvalue weighted by Gasteiger charge is -2.06. The van der Waals surface area contributed by atoms with Gasteiger partial charge in [0.2, 0.25) is 0 Å². The van der Waals surface area contributed by atoms with Crippen molar-refractivity contribution in [3.8, 4) is 0 Å². The summed E-state index contributed by atoms with van der Waals surface area (Å²) in [6.07, 6.45) is 0. The van der Waals surface area contributed by atoms with Crippen molar-refractivity contribution < 1.29 is 14.5 Å². The van der Waals surface area contributed by atoms with Crippen molar-refractivity contribution in [1.29, 1.82) is 0 Å². The van der Waals surface area contributed by atoms with Gasteiger partial charge in [-0.25, -0.2) is 0 Å². The highest BCUT2D eigenvalue weighted by Gasteiger charge is 2.16. The first kappa shape index (κ1) is 14.4. The average molecular weight is 274 g/mol. The van der Waals surface area contributed by atoms with Gasteiger partial charge in [-0.15, -0.1) is 0 Å². The molecule has 0 saturated carbocycles. The van der Waals surface area contributed by atoms with Crippen molar-refractivity contribution in [2.24, 2.45) is 5.73 Å². The summed E-state index contributed by atoms with van der Waals surface area (Å²) in [5, 5.41) is 13.4. The van der Waals surface area contributed by atoms with Gasteiger partial charge in [-0.05, 0) is 12.1 Å². The zero-order valence-corrected chi connectivity index (χ0v) is 10.1. The Kier molecular flexibility index (Phi) is 5.50. The summed E-state index contributed by atoms with van der Waals surface area (Å²) in [5.74, 6) is -0.492. The van der Waals surface area contributed by atoms with E-state index in [9.17, 15) is 14.9 Å². The lowest BCUT2D eigenvalue weighted by Crippen LogP contribution is -2.21. The van der Waals surface area contributed by atoms with E-state index in [0.29, 0.717) is 6.54 Å². The summed E-state index contributed by atoms with van der Waals surface area (Å²) in [5.41, 5.74) is 4.99. The molecule has 0 bridgehead atoms. The van der Waals surface area contributed by atoms with Crippen LogP contribution < -0.4 is 11.1 Å². The van der Waals surface area contributed by atoms with Crippen LogP contribution in [0.2, 0.25) is 5.02 Å². The number of rotatable bonds is 6. The minimum Gasteiger partial charge on any atom is -0.370 e. The maximum absolute atomic E-state index is 11.4. The minimum atomic E-state index is -0.623. The van der Waals surface area contributed by atoms with Gasteiger partial charge in [-0.1, -0.05) is 11.6 Å². The molecule has 0 fully saturated rings. The van der Waals surface area contributed by atoms with E-state index in [2.05, 4.69) is 5.32 Å². The first-order chi connectivity index (χ1) is 8.54. The SMILES string of the molecule is NCCOCC(=O)Nc1ccc(Cl)cc1[N+](=O)[O-]. The molecule has 1 amide bonds. The zero-order valence-electron chi connectivity index (χ0n) is 9.39. The Morgan fingerprint density at radius 3 is 2.89 bits per heavy atom. The molecule has 0 aliphatic carbocycles. The van der Waals surface area contributed by atoms with Crippen molar-refractivity contribution in [2.75, 3.05) is 25.1 Å². The third-order valence-corrected chi connectivity index (χ3v) is 2.16. The Bertz CT molecular complexity index is 453. The van der Waals surface area contributed by atoms with Gasteiger partial charge in [0.1, 0.15) is 12.3 Å². The fourth-order valence-electron chi connectivity index (χ4n) is 1.20. The van der Waals surface area contributed by atoms with E-state index in [0.717, 1.165) is 6.07 Å². The van der Waals surface area contributed by atoms with E-state index in [1.165, 1.54) is 12.1 Å². The number of nitro groups is 1. The molecule has 0 aromatic heterocycles. The molecule has 1 aromatic rings. The van der Waals surface area contributed by atoms with Crippen molar-refractivity contribution in [3.63, 3.8) is 0 Å². The molecule has 18 heavy (non-hydrogen) atoms. The number of ether oxygens (including phenoxy) is 1. The van der Waals surface area contributed by atoms with Crippen LogP contribution in [0.1, 0.15) is 0 Å². The smallest absolute Gasteiger partial charge is 0.294 e. The lowest BCUT2D eigenvalue weighted by molar-refractivity contribution is -0.383. The predicted molar refractivity (Wildman–Crippen MR) is 66.6 cm³/mol. The van der Waals surface area contributed by atoms with Gasteiger partial charge in [0.25, 0.3) is 11.6 Å². The van der Waals surface area contributed by atoms with Crippen LogP contribution in [0.4, 0.5) is 11.4 Å². The largest absolute Gasteiger partial charge is 0.370 e. The predicted octanol–water partition coefficient (Wildman–Crippen LogP) is 1.16. The molecule has 0 heterocycles. The van der Waals surface area contributed by atoms with Gasteiger partial charge >= 0.3 is 0 Å². The number of benzene rings is 1. The lowest BCUT2D eigenvalue weighted by atomic mass is 10.2. The number of anilines is 1. The quantitative estimate of drug-likeness (QED) is 0.459. The van der Waals surface area contributed by atoms with Crippen LogP contribution in [0.15, 0.2) is 18.2 Å². The molecule has 0 unspecified atom stereocenters. The number of amides is 1. The van der Waals surface area contributed by atoms with Crippen LogP contribution in [-0.2, 0) is 9.53 Å². The van der Waals surface area contributed by atoms with Gasteiger partial charge < -0.3 is 15.8 Å². The third-order valence-electron chi connectivity index (χ3n) is 1.93. The molecule has 0 atom stereocenters. The fourth-order valence-corrected chi connectivity index (χ4v) is 1.36. The van der Waals surface area contributed by atoms with E-state index >= 15 is 0 Å². The molecule has 0 aliphatic heterocycles. The number of carbonyl (C=O) groups is 1. The number of nitro benzene ring substituents is 1. The standard InChI is InChI=1S/C10H12ClN3O4/c11-7-1-2-8(9(5-7)14(16)17)13-10(15)6-18-4-3-12/h1-2,5H,3-4,6,12H2,(H,13,15). The molecular weight excluding hydrogens is 262 g/mol. The van der Waals surface area contributed by atoms with Crippen LogP contribution in [0, 0.1) is 10.1 Å². The highest BCUT2D eigenvalue weighted by atomic mass is 35.5. The highest BCUT2D eigenvalue weighted by Crippen LogP contribution is 2.27. The van der Waals surface area contributed by atoms with Crippen LogP contribution in [0.3, 0.4) is 0 Å². The van der Waals surface area contributed by atoms with E-state index in [1.54, 1.807) is 0 Å². The van der Waals surface area contributed by atoms with Crippen molar-refractivity contribution in [3.05, 3.63) is 33.3 Å². The number of hydrogen-bond acceptors (Lipinski definition) is 5. The number of nitrogens with zero attached hydrogens (tertiary/aromatic N) is 1. The van der Waals surface area contributed by atoms with Gasteiger partial charge in [0.15, 0.2) is 0 Å². The van der Waals surface area contributed by atoms with E-state index in [-0.39, 0.29) is 29.6 Å². The number of nitrogens with one attached hydrogen (secondary N) is 1. The summed E-state index contributed by atoms with van der Waals surface area (Å²) in [6.45, 7) is 0.335. The summed E-state index contributed by atoms with van der Waals surface area (Å²) in [6, 6.07) is 3.98. The first-order valence-corrected chi connectivity index (χ1v) is 5.44. The number of halogens is 1. The second kappa shape index (κ2) is 6.90. The topological polar surface area (TPSA) is 107 Å². The van der Waals surface area contributed by atoms with Crippen LogP contribution >= 0.6 is 11.6 Å². The molecule has 0 spiro atoms. The molecule has 1 aromatic carbocycles. The van der Waals surface area contributed by atoms with Crippen molar-refractivity contribution >= 4 is 28.9 Å².